The summed E-state index contributed by atoms with van der Waals surface area (Å²) in [4.78, 5) is 17.2. The van der Waals surface area contributed by atoms with Gasteiger partial charge >= 0.3 is 5.97 Å². The maximum absolute atomic E-state index is 13.9. The molecule has 6 nitrogen and oxygen atoms in total. The van der Waals surface area contributed by atoms with Gasteiger partial charge in [0.2, 0.25) is 0 Å². The molecule has 0 aliphatic carbocycles. The zero-order chi connectivity index (χ0) is 23.1. The van der Waals surface area contributed by atoms with Gasteiger partial charge in [-0.15, -0.1) is 0 Å². The van der Waals surface area contributed by atoms with Gasteiger partial charge in [0.05, 0.1) is 25.5 Å². The van der Waals surface area contributed by atoms with E-state index in [2.05, 4.69) is 5.16 Å². The molecule has 0 radical (unpaired) electrons. The molecule has 0 atom stereocenters. The molecule has 0 bridgehead atoms. The first-order valence-corrected chi connectivity index (χ1v) is 10.0. The first-order chi connectivity index (χ1) is 15.4. The van der Waals surface area contributed by atoms with Crippen molar-refractivity contribution < 1.29 is 28.2 Å². The van der Waals surface area contributed by atoms with Crippen LogP contribution < -0.4 is 14.2 Å². The molecule has 0 fully saturated rings. The molecule has 0 spiro atoms. The molecule has 0 saturated carbocycles. The summed E-state index contributed by atoms with van der Waals surface area (Å²) in [7, 11) is 2.89. The number of carbonyl (C=O) groups is 1. The Labute approximate surface area is 194 Å². The van der Waals surface area contributed by atoms with Crippen molar-refractivity contribution in [1.82, 2.24) is 0 Å². The Balaban J connectivity index is 1.68. The summed E-state index contributed by atoms with van der Waals surface area (Å²) < 4.78 is 30.0. The number of ether oxygens (including phenoxy) is 3. The number of oxime groups is 1. The quantitative estimate of drug-likeness (QED) is 0.229. The Kier molecular flexibility index (Phi) is 7.92. The minimum Gasteiger partial charge on any atom is -0.496 e. The second-order valence-corrected chi connectivity index (χ2v) is 7.20. The van der Waals surface area contributed by atoms with Crippen molar-refractivity contribution in [2.45, 2.75) is 6.61 Å². The van der Waals surface area contributed by atoms with Crippen molar-refractivity contribution in [2.24, 2.45) is 5.16 Å². The minimum absolute atomic E-state index is 0.0750. The Morgan fingerprint density at radius 1 is 1.00 bits per heavy atom. The van der Waals surface area contributed by atoms with E-state index in [1.165, 1.54) is 38.6 Å². The number of nitrogens with zero attached hydrogens (tertiary/aromatic N) is 1. The van der Waals surface area contributed by atoms with E-state index in [9.17, 15) is 9.18 Å². The first kappa shape index (κ1) is 23.4. The monoisotopic (exact) mass is 477 g/mol. The minimum atomic E-state index is -0.728. The lowest BCUT2D eigenvalue weighted by atomic mass is 10.2. The van der Waals surface area contributed by atoms with Crippen LogP contribution in [0.15, 0.2) is 59.8 Å². The maximum atomic E-state index is 13.9. The van der Waals surface area contributed by atoms with E-state index >= 15 is 0 Å². The Bertz CT molecular complexity index is 1130. The molecule has 166 valence electrons. The SMILES string of the molecule is COc1cc(/C=N\OC(=O)c2cc(Cl)ccc2OC)ccc1OCc1c(F)cccc1Cl. The van der Waals surface area contributed by atoms with E-state index in [1.54, 1.807) is 36.4 Å². The lowest BCUT2D eigenvalue weighted by Gasteiger charge is -2.12. The third-order valence-electron chi connectivity index (χ3n) is 4.34. The molecule has 0 heterocycles. The number of hydrogen-bond donors (Lipinski definition) is 0. The highest BCUT2D eigenvalue weighted by atomic mass is 35.5. The van der Waals surface area contributed by atoms with Crippen LogP contribution in [0.5, 0.6) is 17.2 Å². The van der Waals surface area contributed by atoms with Crippen molar-refractivity contribution in [3.63, 3.8) is 0 Å². The summed E-state index contributed by atoms with van der Waals surface area (Å²) in [5.41, 5.74) is 0.958. The third-order valence-corrected chi connectivity index (χ3v) is 4.93. The number of halogens is 3. The molecule has 0 unspecified atom stereocenters. The summed E-state index contributed by atoms with van der Waals surface area (Å²) >= 11 is 11.9. The summed E-state index contributed by atoms with van der Waals surface area (Å²) in [6.45, 7) is -0.0750. The molecule has 3 rings (SSSR count). The molecule has 3 aromatic carbocycles. The van der Waals surface area contributed by atoms with Crippen molar-refractivity contribution in [2.75, 3.05) is 14.2 Å². The van der Waals surface area contributed by atoms with Gasteiger partial charge in [0, 0.05) is 16.1 Å². The fraction of sp³-hybridized carbons (Fsp3) is 0.130. The number of hydrogen-bond acceptors (Lipinski definition) is 6. The second-order valence-electron chi connectivity index (χ2n) is 6.36. The molecule has 0 aliphatic heterocycles. The summed E-state index contributed by atoms with van der Waals surface area (Å²) in [6.07, 6.45) is 1.33. The Morgan fingerprint density at radius 2 is 1.75 bits per heavy atom. The average molecular weight is 478 g/mol. The molecule has 0 aromatic heterocycles. The molecule has 0 aliphatic rings. The normalized spacial score (nSPS) is 10.8. The number of carbonyl (C=O) groups excluding carboxylic acids is 1. The van der Waals surface area contributed by atoms with Crippen LogP contribution >= 0.6 is 23.2 Å². The van der Waals surface area contributed by atoms with Crippen molar-refractivity contribution in [3.05, 3.63) is 87.2 Å². The van der Waals surface area contributed by atoms with E-state index in [0.717, 1.165) is 0 Å². The van der Waals surface area contributed by atoms with Crippen molar-refractivity contribution in [3.8, 4) is 17.2 Å². The molecular weight excluding hydrogens is 460 g/mol. The summed E-state index contributed by atoms with van der Waals surface area (Å²) in [6, 6.07) is 13.9. The standard InChI is InChI=1S/C23H18Cl2FNO5/c1-29-20-9-7-15(24)11-16(20)23(28)32-27-12-14-6-8-21(22(10-14)30-2)31-13-17-18(25)4-3-5-19(17)26/h3-12H,13H2,1-2H3/b27-12-. The van der Waals surface area contributed by atoms with E-state index in [-0.39, 0.29) is 22.8 Å². The Hall–Kier alpha value is -3.29. The smallest absolute Gasteiger partial charge is 0.369 e. The van der Waals surface area contributed by atoms with Crippen LogP contribution in [0.4, 0.5) is 4.39 Å². The summed E-state index contributed by atoms with van der Waals surface area (Å²) in [5.74, 6) is -0.116. The van der Waals surface area contributed by atoms with Crippen LogP contribution in [-0.4, -0.2) is 26.4 Å². The zero-order valence-electron chi connectivity index (χ0n) is 17.1. The number of methoxy groups -OCH3 is 2. The number of benzene rings is 3. The molecule has 32 heavy (non-hydrogen) atoms. The second kappa shape index (κ2) is 10.8. The van der Waals surface area contributed by atoms with Gasteiger partial charge in [-0.1, -0.05) is 34.4 Å². The first-order valence-electron chi connectivity index (χ1n) is 9.25. The lowest BCUT2D eigenvalue weighted by molar-refractivity contribution is 0.0515. The van der Waals surface area contributed by atoms with Gasteiger partial charge in [0.1, 0.15) is 23.7 Å². The number of rotatable bonds is 8. The van der Waals surface area contributed by atoms with Crippen LogP contribution in [0.25, 0.3) is 0 Å². The van der Waals surface area contributed by atoms with E-state index in [4.69, 9.17) is 42.3 Å². The highest BCUT2D eigenvalue weighted by molar-refractivity contribution is 6.31. The Morgan fingerprint density at radius 3 is 2.47 bits per heavy atom. The fourth-order valence-electron chi connectivity index (χ4n) is 2.73. The lowest BCUT2D eigenvalue weighted by Crippen LogP contribution is -2.04. The van der Waals surface area contributed by atoms with Crippen molar-refractivity contribution in [1.29, 1.82) is 0 Å². The van der Waals surface area contributed by atoms with Crippen LogP contribution in [0, 0.1) is 5.82 Å². The fourth-order valence-corrected chi connectivity index (χ4v) is 3.12. The predicted octanol–water partition coefficient (Wildman–Crippen LogP) is 5.92. The topological polar surface area (TPSA) is 66.4 Å². The van der Waals surface area contributed by atoms with E-state index in [0.29, 0.717) is 27.8 Å². The predicted molar refractivity (Wildman–Crippen MR) is 120 cm³/mol. The average Bonchev–Trinajstić information content (AvgIpc) is 2.79. The van der Waals surface area contributed by atoms with E-state index < -0.39 is 11.8 Å². The highest BCUT2D eigenvalue weighted by Gasteiger charge is 2.15. The van der Waals surface area contributed by atoms with Gasteiger partial charge in [0.15, 0.2) is 11.5 Å². The maximum Gasteiger partial charge on any atom is 0.369 e. The van der Waals surface area contributed by atoms with Gasteiger partial charge in [-0.05, 0) is 48.5 Å². The van der Waals surface area contributed by atoms with Gasteiger partial charge in [-0.25, -0.2) is 9.18 Å². The molecule has 9 heteroatoms. The molecule has 3 aromatic rings. The largest absolute Gasteiger partial charge is 0.496 e. The summed E-state index contributed by atoms with van der Waals surface area (Å²) in [5, 5.41) is 4.34. The van der Waals surface area contributed by atoms with Crippen LogP contribution in [0.1, 0.15) is 21.5 Å². The molecular formula is C23H18Cl2FNO5. The molecule has 0 saturated heterocycles. The van der Waals surface area contributed by atoms with Gasteiger partial charge < -0.3 is 19.0 Å². The van der Waals surface area contributed by atoms with Gasteiger partial charge in [0.25, 0.3) is 0 Å². The molecule has 0 amide bonds. The van der Waals surface area contributed by atoms with Crippen LogP contribution in [0.2, 0.25) is 10.0 Å². The van der Waals surface area contributed by atoms with Crippen LogP contribution in [0.3, 0.4) is 0 Å². The van der Waals surface area contributed by atoms with Crippen molar-refractivity contribution >= 4 is 35.4 Å². The molecule has 0 N–H and O–H groups in total. The zero-order valence-corrected chi connectivity index (χ0v) is 18.6. The van der Waals surface area contributed by atoms with Crippen LogP contribution in [-0.2, 0) is 11.4 Å². The highest BCUT2D eigenvalue weighted by Crippen LogP contribution is 2.30. The van der Waals surface area contributed by atoms with Gasteiger partial charge in [-0.3, -0.25) is 0 Å². The van der Waals surface area contributed by atoms with Gasteiger partial charge in [-0.2, -0.15) is 0 Å². The van der Waals surface area contributed by atoms with E-state index in [1.807, 2.05) is 0 Å². The third kappa shape index (κ3) is 5.69.